The molecule has 1 aromatic heterocycles. The van der Waals surface area contributed by atoms with E-state index < -0.39 is 10.8 Å². The number of aromatic nitrogens is 1. The van der Waals surface area contributed by atoms with Crippen LogP contribution in [0.2, 0.25) is 5.02 Å². The molecule has 7 heteroatoms. The zero-order valence-corrected chi connectivity index (χ0v) is 14.3. The lowest BCUT2D eigenvalue weighted by Gasteiger charge is -2.07. The number of rotatable bonds is 4. The Morgan fingerprint density at radius 3 is 2.50 bits per heavy atom. The minimum absolute atomic E-state index is 0.00140. The van der Waals surface area contributed by atoms with E-state index >= 15 is 0 Å². The summed E-state index contributed by atoms with van der Waals surface area (Å²) >= 11 is 6.01. The number of carbonyl (C=O) groups excluding carboxylic acids is 1. The van der Waals surface area contributed by atoms with E-state index in [0.717, 1.165) is 11.6 Å². The van der Waals surface area contributed by atoms with Gasteiger partial charge in [-0.3, -0.25) is 14.9 Å². The van der Waals surface area contributed by atoms with Crippen molar-refractivity contribution in [2.24, 2.45) is 4.99 Å². The smallest absolute Gasteiger partial charge is 0.280 e. The van der Waals surface area contributed by atoms with E-state index in [2.05, 4.69) is 4.99 Å². The highest BCUT2D eigenvalue weighted by Gasteiger charge is 2.14. The number of hydrogen-bond acceptors (Lipinski definition) is 3. The highest BCUT2D eigenvalue weighted by atomic mass is 35.5. The first-order valence-corrected chi connectivity index (χ1v) is 8.15. The molecule has 26 heavy (non-hydrogen) atoms. The van der Waals surface area contributed by atoms with Crippen LogP contribution in [0.3, 0.4) is 0 Å². The maximum Gasteiger partial charge on any atom is 0.280 e. The summed E-state index contributed by atoms with van der Waals surface area (Å²) in [5.74, 6) is -0.557. The number of nitro groups is 1. The van der Waals surface area contributed by atoms with E-state index in [4.69, 9.17) is 11.6 Å². The predicted octanol–water partition coefficient (Wildman–Crippen LogP) is 3.84. The molecule has 0 aliphatic heterocycles. The minimum atomic E-state index is -0.567. The first kappa shape index (κ1) is 17.6. The summed E-state index contributed by atoms with van der Waals surface area (Å²) in [6.07, 6.45) is 1.83. The molecule has 0 spiro atoms. The van der Waals surface area contributed by atoms with Gasteiger partial charge < -0.3 is 4.57 Å². The predicted molar refractivity (Wildman–Crippen MR) is 98.0 cm³/mol. The molecule has 2 aromatic carbocycles. The third kappa shape index (κ3) is 4.04. The first-order chi connectivity index (χ1) is 12.5. The van der Waals surface area contributed by atoms with Gasteiger partial charge in [0, 0.05) is 24.9 Å². The number of pyridine rings is 1. The Balaban J connectivity index is 1.95. The molecule has 0 radical (unpaired) electrons. The maximum atomic E-state index is 12.5. The molecule has 130 valence electrons. The summed E-state index contributed by atoms with van der Waals surface area (Å²) in [5, 5.41) is 10.8. The normalized spacial score (nSPS) is 11.3. The van der Waals surface area contributed by atoms with Crippen LogP contribution in [0.25, 0.3) is 0 Å². The average Bonchev–Trinajstić information content (AvgIpc) is 2.64. The van der Waals surface area contributed by atoms with Crippen molar-refractivity contribution in [3.63, 3.8) is 0 Å². The van der Waals surface area contributed by atoms with E-state index in [1.165, 1.54) is 12.1 Å². The molecular weight excluding hydrogens is 354 g/mol. The number of benzene rings is 2. The summed E-state index contributed by atoms with van der Waals surface area (Å²) in [6.45, 7) is 0.557. The van der Waals surface area contributed by atoms with Crippen molar-refractivity contribution < 1.29 is 9.72 Å². The van der Waals surface area contributed by atoms with Crippen molar-refractivity contribution in [2.75, 3.05) is 0 Å². The number of non-ortho nitro benzene ring substituents is 1. The van der Waals surface area contributed by atoms with Gasteiger partial charge in [0.15, 0.2) is 0 Å². The minimum Gasteiger partial charge on any atom is -0.328 e. The summed E-state index contributed by atoms with van der Waals surface area (Å²) < 4.78 is 1.84. The maximum absolute atomic E-state index is 12.5. The fourth-order valence-electron chi connectivity index (χ4n) is 2.44. The third-order valence-electron chi connectivity index (χ3n) is 3.72. The fraction of sp³-hybridized carbons (Fsp3) is 0.0526. The van der Waals surface area contributed by atoms with E-state index in [9.17, 15) is 14.9 Å². The Labute approximate surface area is 154 Å². The molecule has 0 saturated carbocycles. The molecule has 3 aromatic rings. The SMILES string of the molecule is O=C(N=c1ccccn1Cc1ccccc1)c1ccc([N+](=O)[O-])cc1Cl. The van der Waals surface area contributed by atoms with Gasteiger partial charge >= 0.3 is 0 Å². The molecule has 0 N–H and O–H groups in total. The second-order valence-electron chi connectivity index (χ2n) is 5.51. The zero-order chi connectivity index (χ0) is 18.5. The molecule has 0 bridgehead atoms. The van der Waals surface area contributed by atoms with E-state index in [1.807, 2.05) is 47.2 Å². The molecule has 0 unspecified atom stereocenters. The third-order valence-corrected chi connectivity index (χ3v) is 4.04. The van der Waals surface area contributed by atoms with Gasteiger partial charge in [-0.2, -0.15) is 4.99 Å². The van der Waals surface area contributed by atoms with Crippen molar-refractivity contribution >= 4 is 23.2 Å². The molecule has 0 fully saturated rings. The zero-order valence-electron chi connectivity index (χ0n) is 13.6. The van der Waals surface area contributed by atoms with Crippen LogP contribution in [0.5, 0.6) is 0 Å². The molecule has 6 nitrogen and oxygen atoms in total. The lowest BCUT2D eigenvalue weighted by atomic mass is 10.2. The Kier molecular flexibility index (Phi) is 5.24. The average molecular weight is 368 g/mol. The summed E-state index contributed by atoms with van der Waals surface area (Å²) in [7, 11) is 0. The van der Waals surface area contributed by atoms with Crippen LogP contribution >= 0.6 is 11.6 Å². The number of nitro benzene ring substituents is 1. The first-order valence-electron chi connectivity index (χ1n) is 7.77. The van der Waals surface area contributed by atoms with Crippen LogP contribution in [0.15, 0.2) is 77.9 Å². The van der Waals surface area contributed by atoms with Crippen molar-refractivity contribution in [2.45, 2.75) is 6.54 Å². The highest BCUT2D eigenvalue weighted by Crippen LogP contribution is 2.22. The van der Waals surface area contributed by atoms with Gasteiger partial charge in [0.2, 0.25) is 0 Å². The van der Waals surface area contributed by atoms with Gasteiger partial charge in [0.05, 0.1) is 15.5 Å². The molecule has 0 aliphatic rings. The van der Waals surface area contributed by atoms with Gasteiger partial charge in [-0.05, 0) is 23.8 Å². The standard InChI is InChI=1S/C19H14ClN3O3/c20-17-12-15(23(25)26)9-10-16(17)19(24)21-18-8-4-5-11-22(18)13-14-6-2-1-3-7-14/h1-12H,13H2. The van der Waals surface area contributed by atoms with Gasteiger partial charge in [-0.25, -0.2) is 0 Å². The Hall–Kier alpha value is -3.25. The Morgan fingerprint density at radius 2 is 1.81 bits per heavy atom. The lowest BCUT2D eigenvalue weighted by molar-refractivity contribution is -0.384. The van der Waals surface area contributed by atoms with Crippen LogP contribution in [-0.4, -0.2) is 15.4 Å². The largest absolute Gasteiger partial charge is 0.328 e. The van der Waals surface area contributed by atoms with Gasteiger partial charge in [-0.1, -0.05) is 48.0 Å². The highest BCUT2D eigenvalue weighted by molar-refractivity contribution is 6.34. The quantitative estimate of drug-likeness (QED) is 0.519. The van der Waals surface area contributed by atoms with Crippen LogP contribution in [0.4, 0.5) is 5.69 Å². The van der Waals surface area contributed by atoms with Crippen LogP contribution in [-0.2, 0) is 6.54 Å². The van der Waals surface area contributed by atoms with Crippen molar-refractivity contribution in [1.82, 2.24) is 4.57 Å². The molecule has 1 amide bonds. The van der Waals surface area contributed by atoms with E-state index in [0.29, 0.717) is 12.0 Å². The van der Waals surface area contributed by atoms with Crippen molar-refractivity contribution in [3.05, 3.63) is 105 Å². The number of nitrogens with zero attached hydrogens (tertiary/aromatic N) is 3. The second kappa shape index (κ2) is 7.76. The summed E-state index contributed by atoms with van der Waals surface area (Å²) in [4.78, 5) is 26.8. The lowest BCUT2D eigenvalue weighted by Crippen LogP contribution is -2.22. The fourth-order valence-corrected chi connectivity index (χ4v) is 2.69. The van der Waals surface area contributed by atoms with Crippen LogP contribution < -0.4 is 5.49 Å². The van der Waals surface area contributed by atoms with Gasteiger partial charge in [0.25, 0.3) is 11.6 Å². The van der Waals surface area contributed by atoms with Gasteiger partial charge in [-0.15, -0.1) is 0 Å². The molecule has 1 heterocycles. The topological polar surface area (TPSA) is 77.5 Å². The Bertz CT molecular complexity index is 1030. The number of halogens is 1. The van der Waals surface area contributed by atoms with Crippen LogP contribution in [0.1, 0.15) is 15.9 Å². The number of carbonyl (C=O) groups is 1. The molecule has 0 atom stereocenters. The monoisotopic (exact) mass is 367 g/mol. The number of amides is 1. The molecule has 0 saturated heterocycles. The van der Waals surface area contributed by atoms with Crippen molar-refractivity contribution in [1.29, 1.82) is 0 Å². The molecular formula is C19H14ClN3O3. The summed E-state index contributed by atoms with van der Waals surface area (Å²) in [5.41, 5.74) is 1.48. The second-order valence-corrected chi connectivity index (χ2v) is 5.92. The Morgan fingerprint density at radius 1 is 1.08 bits per heavy atom. The summed E-state index contributed by atoms with van der Waals surface area (Å²) in [6, 6.07) is 18.8. The van der Waals surface area contributed by atoms with Gasteiger partial charge in [0.1, 0.15) is 5.49 Å². The molecule has 0 aliphatic carbocycles. The molecule has 3 rings (SSSR count). The van der Waals surface area contributed by atoms with Crippen LogP contribution in [0, 0.1) is 10.1 Å². The number of hydrogen-bond donors (Lipinski definition) is 0. The van der Waals surface area contributed by atoms with E-state index in [1.54, 1.807) is 12.1 Å². The van der Waals surface area contributed by atoms with E-state index in [-0.39, 0.29) is 16.3 Å². The van der Waals surface area contributed by atoms with Crippen molar-refractivity contribution in [3.8, 4) is 0 Å².